The van der Waals surface area contributed by atoms with E-state index in [1.165, 1.54) is 51.6 Å². The van der Waals surface area contributed by atoms with E-state index in [0.717, 1.165) is 31.1 Å². The van der Waals surface area contributed by atoms with Crippen molar-refractivity contribution < 1.29 is 4.79 Å². The molecule has 1 amide bonds. The van der Waals surface area contributed by atoms with Gasteiger partial charge in [-0.1, -0.05) is 19.3 Å². The molecule has 5 heteroatoms. The van der Waals surface area contributed by atoms with Crippen molar-refractivity contribution in [3.8, 4) is 0 Å². The molecule has 0 N–H and O–H groups in total. The smallest absolute Gasteiger partial charge is 0.227 e. The number of aromatic nitrogens is 2. The van der Waals surface area contributed by atoms with Crippen LogP contribution in [-0.2, 0) is 4.79 Å². The summed E-state index contributed by atoms with van der Waals surface area (Å²) in [7, 11) is 0. The second-order valence-corrected chi connectivity index (χ2v) is 7.53. The lowest BCUT2D eigenvalue weighted by Gasteiger charge is -2.26. The van der Waals surface area contributed by atoms with Crippen molar-refractivity contribution in [3.05, 3.63) is 12.4 Å². The Bertz CT molecular complexity index is 549. The summed E-state index contributed by atoms with van der Waals surface area (Å²) in [5, 5.41) is 4.55. The number of hydrogen-bond donors (Lipinski definition) is 0. The highest BCUT2D eigenvalue weighted by Crippen LogP contribution is 2.29. The summed E-state index contributed by atoms with van der Waals surface area (Å²) >= 11 is 0. The molecule has 1 saturated carbocycles. The van der Waals surface area contributed by atoms with Gasteiger partial charge in [0.2, 0.25) is 5.91 Å². The van der Waals surface area contributed by atoms with Crippen molar-refractivity contribution in [3.63, 3.8) is 0 Å². The molecule has 1 unspecified atom stereocenters. The summed E-state index contributed by atoms with van der Waals surface area (Å²) in [6.45, 7) is 4.43. The first kappa shape index (κ1) is 15.2. The molecule has 4 rings (SSSR count). The molecule has 3 fully saturated rings. The fourth-order valence-electron chi connectivity index (χ4n) is 4.52. The van der Waals surface area contributed by atoms with Gasteiger partial charge in [0, 0.05) is 38.8 Å². The van der Waals surface area contributed by atoms with Crippen molar-refractivity contribution in [2.75, 3.05) is 31.1 Å². The zero-order valence-corrected chi connectivity index (χ0v) is 14.0. The van der Waals surface area contributed by atoms with E-state index in [9.17, 15) is 4.79 Å². The molecule has 3 heterocycles. The lowest BCUT2D eigenvalue weighted by atomic mass is 9.89. The van der Waals surface area contributed by atoms with E-state index in [1.54, 1.807) is 0 Å². The van der Waals surface area contributed by atoms with Crippen LogP contribution in [0, 0.1) is 5.92 Å². The van der Waals surface area contributed by atoms with Gasteiger partial charge in [0.25, 0.3) is 0 Å². The normalized spacial score (nSPS) is 27.2. The Balaban J connectivity index is 1.34. The van der Waals surface area contributed by atoms with Gasteiger partial charge in [0.05, 0.1) is 17.9 Å². The predicted molar refractivity (Wildman–Crippen MR) is 90.5 cm³/mol. The van der Waals surface area contributed by atoms with Crippen molar-refractivity contribution in [2.24, 2.45) is 5.92 Å². The highest BCUT2D eigenvalue weighted by Gasteiger charge is 2.28. The molecule has 0 spiro atoms. The number of amides is 1. The first-order valence-electron chi connectivity index (χ1n) is 9.36. The van der Waals surface area contributed by atoms with E-state index >= 15 is 0 Å². The lowest BCUT2D eigenvalue weighted by Crippen LogP contribution is -2.29. The quantitative estimate of drug-likeness (QED) is 0.858. The molecular weight excluding hydrogens is 288 g/mol. The number of carbonyl (C=O) groups excluding carboxylic acids is 1. The topological polar surface area (TPSA) is 41.4 Å². The van der Waals surface area contributed by atoms with Crippen molar-refractivity contribution in [2.45, 2.75) is 57.4 Å². The highest BCUT2D eigenvalue weighted by atomic mass is 16.2. The summed E-state index contributed by atoms with van der Waals surface area (Å²) < 4.78 is 2.10. The van der Waals surface area contributed by atoms with Gasteiger partial charge in [-0.05, 0) is 31.6 Å². The summed E-state index contributed by atoms with van der Waals surface area (Å²) in [6, 6.07) is 0.477. The van der Waals surface area contributed by atoms with Crippen molar-refractivity contribution in [1.29, 1.82) is 0 Å². The summed E-state index contributed by atoms with van der Waals surface area (Å²) in [5.41, 5.74) is 0.984. The van der Waals surface area contributed by atoms with E-state index in [0.29, 0.717) is 12.5 Å². The molecule has 0 radical (unpaired) electrons. The van der Waals surface area contributed by atoms with Crippen LogP contribution in [0.4, 0.5) is 5.69 Å². The second kappa shape index (κ2) is 6.63. The molecule has 2 aliphatic heterocycles. The Morgan fingerprint density at radius 1 is 1.09 bits per heavy atom. The standard InChI is InChI=1S/C18H28N4O/c23-18-7-4-9-21(18)17-11-19-22(14-17)16-8-10-20(13-16)12-15-5-2-1-3-6-15/h11,14-16H,1-10,12-13H2. The highest BCUT2D eigenvalue weighted by molar-refractivity contribution is 5.95. The first-order chi connectivity index (χ1) is 11.3. The van der Waals surface area contributed by atoms with Crippen LogP contribution in [0.3, 0.4) is 0 Å². The molecule has 3 aliphatic rings. The monoisotopic (exact) mass is 316 g/mol. The van der Waals surface area contributed by atoms with Crippen LogP contribution in [0.25, 0.3) is 0 Å². The van der Waals surface area contributed by atoms with E-state index in [-0.39, 0.29) is 5.91 Å². The minimum Gasteiger partial charge on any atom is -0.309 e. The van der Waals surface area contributed by atoms with Crippen LogP contribution >= 0.6 is 0 Å². The molecular formula is C18H28N4O. The third kappa shape index (κ3) is 3.30. The number of carbonyl (C=O) groups is 1. The number of nitrogens with zero attached hydrogens (tertiary/aromatic N) is 4. The van der Waals surface area contributed by atoms with E-state index in [1.807, 2.05) is 11.1 Å². The van der Waals surface area contributed by atoms with Crippen molar-refractivity contribution in [1.82, 2.24) is 14.7 Å². The zero-order valence-electron chi connectivity index (χ0n) is 14.0. The van der Waals surface area contributed by atoms with Crippen molar-refractivity contribution >= 4 is 11.6 Å². The predicted octanol–water partition coefficient (Wildman–Crippen LogP) is 2.84. The Kier molecular flexibility index (Phi) is 4.38. The van der Waals surface area contributed by atoms with Gasteiger partial charge in [-0.3, -0.25) is 9.48 Å². The minimum absolute atomic E-state index is 0.245. The Labute approximate surface area is 138 Å². The molecule has 1 aromatic rings. The Morgan fingerprint density at radius 3 is 2.74 bits per heavy atom. The van der Waals surface area contributed by atoms with E-state index in [4.69, 9.17) is 0 Å². The average molecular weight is 316 g/mol. The SMILES string of the molecule is O=C1CCCN1c1cnn(C2CCN(CC3CCCCC3)C2)c1. The fourth-order valence-corrected chi connectivity index (χ4v) is 4.52. The molecule has 1 atom stereocenters. The maximum absolute atomic E-state index is 11.9. The molecule has 0 aromatic carbocycles. The third-order valence-corrected chi connectivity index (χ3v) is 5.84. The van der Waals surface area contributed by atoms with Gasteiger partial charge in [-0.2, -0.15) is 5.10 Å². The lowest BCUT2D eigenvalue weighted by molar-refractivity contribution is -0.117. The Hall–Kier alpha value is -1.36. The number of hydrogen-bond acceptors (Lipinski definition) is 3. The van der Waals surface area contributed by atoms with Crippen LogP contribution in [0.2, 0.25) is 0 Å². The summed E-state index contributed by atoms with van der Waals surface area (Å²) in [6.07, 6.45) is 13.9. The molecule has 23 heavy (non-hydrogen) atoms. The van der Waals surface area contributed by atoms with E-state index in [2.05, 4.69) is 20.9 Å². The van der Waals surface area contributed by atoms with Crippen LogP contribution in [0.5, 0.6) is 0 Å². The number of rotatable bonds is 4. The van der Waals surface area contributed by atoms with Crippen LogP contribution in [0.1, 0.15) is 57.4 Å². The van der Waals surface area contributed by atoms with Crippen LogP contribution in [-0.4, -0.2) is 46.8 Å². The van der Waals surface area contributed by atoms with Gasteiger partial charge in [0.1, 0.15) is 0 Å². The molecule has 0 bridgehead atoms. The van der Waals surface area contributed by atoms with Gasteiger partial charge >= 0.3 is 0 Å². The molecule has 2 saturated heterocycles. The first-order valence-corrected chi connectivity index (χ1v) is 9.36. The van der Waals surface area contributed by atoms with Gasteiger partial charge in [-0.15, -0.1) is 0 Å². The summed E-state index contributed by atoms with van der Waals surface area (Å²) in [5.74, 6) is 1.16. The molecule has 1 aliphatic carbocycles. The van der Waals surface area contributed by atoms with Gasteiger partial charge < -0.3 is 9.80 Å². The minimum atomic E-state index is 0.245. The van der Waals surface area contributed by atoms with Gasteiger partial charge in [-0.25, -0.2) is 0 Å². The molecule has 126 valence electrons. The number of anilines is 1. The van der Waals surface area contributed by atoms with E-state index < -0.39 is 0 Å². The summed E-state index contributed by atoms with van der Waals surface area (Å²) in [4.78, 5) is 16.4. The van der Waals surface area contributed by atoms with Crippen LogP contribution in [0.15, 0.2) is 12.4 Å². The molecule has 5 nitrogen and oxygen atoms in total. The molecule has 1 aromatic heterocycles. The third-order valence-electron chi connectivity index (χ3n) is 5.84. The largest absolute Gasteiger partial charge is 0.309 e. The van der Waals surface area contributed by atoms with Gasteiger partial charge in [0.15, 0.2) is 0 Å². The Morgan fingerprint density at radius 2 is 1.96 bits per heavy atom. The second-order valence-electron chi connectivity index (χ2n) is 7.53. The number of likely N-dealkylation sites (tertiary alicyclic amines) is 1. The maximum Gasteiger partial charge on any atom is 0.227 e. The average Bonchev–Trinajstić information content (AvgIpc) is 3.28. The maximum atomic E-state index is 11.9. The van der Waals surface area contributed by atoms with Crippen LogP contribution < -0.4 is 4.90 Å². The fraction of sp³-hybridized carbons (Fsp3) is 0.778. The zero-order chi connectivity index (χ0) is 15.6.